The first-order valence-electron chi connectivity index (χ1n) is 15.8. The summed E-state index contributed by atoms with van der Waals surface area (Å²) < 4.78 is 16.8. The Morgan fingerprint density at radius 2 is 1.87 bits per heavy atom. The van der Waals surface area contributed by atoms with Gasteiger partial charge in [-0.25, -0.2) is 14.6 Å². The lowest BCUT2D eigenvalue weighted by Crippen LogP contribution is -2.54. The molecule has 45 heavy (non-hydrogen) atoms. The Balaban J connectivity index is 1.49. The highest BCUT2D eigenvalue weighted by molar-refractivity contribution is 5.95. The first-order chi connectivity index (χ1) is 21.4. The van der Waals surface area contributed by atoms with Crippen molar-refractivity contribution in [2.75, 3.05) is 20.2 Å². The first-order valence-corrected chi connectivity index (χ1v) is 15.8. The first kappa shape index (κ1) is 33.8. The maximum Gasteiger partial charge on any atom is 0.408 e. The molecule has 3 amide bonds. The summed E-state index contributed by atoms with van der Waals surface area (Å²) in [6.07, 6.45) is 6.72. The van der Waals surface area contributed by atoms with Gasteiger partial charge in [0.05, 0.1) is 13.7 Å². The number of ether oxygens (including phenoxy) is 3. The van der Waals surface area contributed by atoms with Gasteiger partial charge in [0.25, 0.3) is 0 Å². The van der Waals surface area contributed by atoms with Crippen LogP contribution in [0.25, 0.3) is 10.8 Å². The molecule has 4 rings (SSSR count). The fourth-order valence-electron chi connectivity index (χ4n) is 5.92. The van der Waals surface area contributed by atoms with Gasteiger partial charge >= 0.3 is 12.1 Å². The van der Waals surface area contributed by atoms with Gasteiger partial charge in [-0.15, -0.1) is 0 Å². The zero-order valence-corrected chi connectivity index (χ0v) is 26.9. The van der Waals surface area contributed by atoms with Gasteiger partial charge in [0.15, 0.2) is 0 Å². The van der Waals surface area contributed by atoms with Crippen LogP contribution in [0, 0.1) is 5.92 Å². The summed E-state index contributed by atoms with van der Waals surface area (Å²) in [5.41, 5.74) is -2.10. The predicted octanol–water partition coefficient (Wildman–Crippen LogP) is 4.44. The number of hydrogen-bond acceptors (Lipinski definition) is 8. The molecule has 2 fully saturated rings. The Morgan fingerprint density at radius 1 is 1.11 bits per heavy atom. The predicted molar refractivity (Wildman–Crippen MR) is 167 cm³/mol. The highest BCUT2D eigenvalue weighted by Gasteiger charge is 2.61. The highest BCUT2D eigenvalue weighted by atomic mass is 16.6. The van der Waals surface area contributed by atoms with Crippen LogP contribution in [0.2, 0.25) is 0 Å². The lowest BCUT2D eigenvalue weighted by Gasteiger charge is -2.26. The van der Waals surface area contributed by atoms with E-state index in [-0.39, 0.29) is 18.9 Å². The average molecular weight is 627 g/mol. The van der Waals surface area contributed by atoms with Crippen molar-refractivity contribution in [2.24, 2.45) is 5.92 Å². The van der Waals surface area contributed by atoms with Gasteiger partial charge in [-0.2, -0.15) is 0 Å². The van der Waals surface area contributed by atoms with Crippen LogP contribution in [0.1, 0.15) is 79.1 Å². The number of amides is 3. The van der Waals surface area contributed by atoms with E-state index < -0.39 is 53.7 Å². The number of fused-ring (bicyclic) bond motifs is 1. The van der Waals surface area contributed by atoms with E-state index in [9.17, 15) is 24.3 Å². The van der Waals surface area contributed by atoms with Crippen molar-refractivity contribution in [3.63, 3.8) is 0 Å². The third-order valence-electron chi connectivity index (χ3n) is 8.37. The maximum atomic E-state index is 13.7. The number of aromatic nitrogens is 1. The lowest BCUT2D eigenvalue weighted by atomic mass is 10.0. The number of carbonyl (C=O) groups is 4. The minimum Gasteiger partial charge on any atom is -0.497 e. The number of rotatable bonds is 14. The van der Waals surface area contributed by atoms with Crippen molar-refractivity contribution in [1.82, 2.24) is 20.5 Å². The van der Waals surface area contributed by atoms with Gasteiger partial charge in [0.2, 0.25) is 17.7 Å². The van der Waals surface area contributed by atoms with Gasteiger partial charge in [0.1, 0.15) is 35.6 Å². The normalized spacial score (nSPS) is 22.5. The molecular formula is C33H46N4O8. The molecular weight excluding hydrogens is 580 g/mol. The van der Waals surface area contributed by atoms with E-state index in [2.05, 4.69) is 22.5 Å². The Hall–Kier alpha value is -4.09. The number of alkyl carbamates (subject to hydrolysis) is 1. The number of carboxylic acid groups (broad SMARTS) is 1. The van der Waals surface area contributed by atoms with Crippen LogP contribution in [0.15, 0.2) is 30.5 Å². The highest BCUT2D eigenvalue weighted by Crippen LogP contribution is 2.47. The van der Waals surface area contributed by atoms with Crippen LogP contribution in [0.4, 0.5) is 4.79 Å². The van der Waals surface area contributed by atoms with E-state index in [1.807, 2.05) is 18.2 Å². The number of aliphatic carboxylic acids is 1. The summed E-state index contributed by atoms with van der Waals surface area (Å²) in [6.45, 7) is 6.92. The minimum atomic E-state index is -1.35. The number of unbranched alkanes of at least 4 members (excludes halogenated alkanes) is 4. The molecule has 1 aromatic heterocycles. The number of pyridine rings is 1. The summed E-state index contributed by atoms with van der Waals surface area (Å²) in [6, 6.07) is 6.31. The molecule has 12 nitrogen and oxygen atoms in total. The van der Waals surface area contributed by atoms with E-state index in [4.69, 9.17) is 14.2 Å². The standard InChI is InChI=1S/C33H46N4O8/c1-6-7-8-9-10-11-22-18-33(22,30(40)41)36-28(39)26-17-24(20-37(26)27(38)19-35-31(42)45-32(2,3)4)44-29-25-13-12-23(43-5)16-21(25)14-15-34-29/h12-16,22,24,26H,6-11,17-20H2,1-5H3,(H,35,42)(H,36,39)(H,40,41)/t22-,24?,26+,33-/m1/s1. The molecule has 0 radical (unpaired) electrons. The van der Waals surface area contributed by atoms with E-state index >= 15 is 0 Å². The molecule has 246 valence electrons. The third-order valence-corrected chi connectivity index (χ3v) is 8.37. The quantitative estimate of drug-likeness (QED) is 0.258. The molecule has 2 aliphatic rings. The topological polar surface area (TPSA) is 156 Å². The Bertz CT molecular complexity index is 1390. The molecule has 1 saturated carbocycles. The lowest BCUT2D eigenvalue weighted by molar-refractivity contribution is -0.145. The molecule has 2 aromatic rings. The van der Waals surface area contributed by atoms with Crippen LogP contribution in [-0.4, -0.2) is 82.4 Å². The van der Waals surface area contributed by atoms with Crippen molar-refractivity contribution in [1.29, 1.82) is 0 Å². The average Bonchev–Trinajstić information content (AvgIpc) is 3.52. The van der Waals surface area contributed by atoms with E-state index in [0.717, 1.165) is 42.9 Å². The summed E-state index contributed by atoms with van der Waals surface area (Å²) in [7, 11) is 1.58. The van der Waals surface area contributed by atoms with Crippen molar-refractivity contribution in [3.8, 4) is 11.6 Å². The molecule has 12 heteroatoms. The Labute approximate surface area is 264 Å². The van der Waals surface area contributed by atoms with Crippen molar-refractivity contribution < 1.29 is 38.5 Å². The summed E-state index contributed by atoms with van der Waals surface area (Å²) >= 11 is 0. The molecule has 4 atom stereocenters. The van der Waals surface area contributed by atoms with Gasteiger partial charge in [-0.3, -0.25) is 9.59 Å². The van der Waals surface area contributed by atoms with Gasteiger partial charge in [-0.05, 0) is 69.2 Å². The second-order valence-corrected chi connectivity index (χ2v) is 13.0. The van der Waals surface area contributed by atoms with Crippen LogP contribution < -0.4 is 20.1 Å². The smallest absolute Gasteiger partial charge is 0.408 e. The number of carbonyl (C=O) groups excluding carboxylic acids is 3. The zero-order chi connectivity index (χ0) is 32.8. The summed E-state index contributed by atoms with van der Waals surface area (Å²) in [4.78, 5) is 57.4. The maximum absolute atomic E-state index is 13.7. The number of likely N-dealkylation sites (tertiary alicyclic amines) is 1. The fourth-order valence-corrected chi connectivity index (χ4v) is 5.92. The van der Waals surface area contributed by atoms with E-state index in [1.54, 1.807) is 40.1 Å². The zero-order valence-electron chi connectivity index (χ0n) is 26.9. The molecule has 1 saturated heterocycles. The molecule has 0 spiro atoms. The second-order valence-electron chi connectivity index (χ2n) is 13.0. The molecule has 1 aliphatic carbocycles. The molecule has 1 aliphatic heterocycles. The van der Waals surface area contributed by atoms with Crippen LogP contribution in [-0.2, 0) is 19.1 Å². The number of nitrogens with zero attached hydrogens (tertiary/aromatic N) is 2. The van der Waals surface area contributed by atoms with Crippen LogP contribution >= 0.6 is 0 Å². The second kappa shape index (κ2) is 14.3. The van der Waals surface area contributed by atoms with Gasteiger partial charge in [-0.1, -0.05) is 39.0 Å². The molecule has 0 bridgehead atoms. The van der Waals surface area contributed by atoms with Gasteiger partial charge < -0.3 is 34.9 Å². The number of hydrogen-bond donors (Lipinski definition) is 3. The molecule has 3 N–H and O–H groups in total. The van der Waals surface area contributed by atoms with Crippen LogP contribution in [0.5, 0.6) is 11.6 Å². The number of nitrogens with one attached hydrogen (secondary N) is 2. The van der Waals surface area contributed by atoms with Gasteiger partial charge in [0, 0.05) is 18.0 Å². The summed E-state index contributed by atoms with van der Waals surface area (Å²) in [5.74, 6) is -1.29. The largest absolute Gasteiger partial charge is 0.497 e. The van der Waals surface area contributed by atoms with E-state index in [0.29, 0.717) is 24.5 Å². The Morgan fingerprint density at radius 3 is 2.56 bits per heavy atom. The van der Waals surface area contributed by atoms with Crippen LogP contribution in [0.3, 0.4) is 0 Å². The molecule has 2 heterocycles. The fraction of sp³-hybridized carbons (Fsp3) is 0.606. The number of methoxy groups -OCH3 is 1. The molecule has 1 unspecified atom stereocenters. The van der Waals surface area contributed by atoms with Crippen molar-refractivity contribution >= 4 is 34.6 Å². The number of benzene rings is 1. The SMILES string of the molecule is CCCCCCC[C@@H]1C[C@]1(NC(=O)[C@@H]1CC(Oc2nccc3cc(OC)ccc23)CN1C(=O)CNC(=O)OC(C)(C)C)C(=O)O. The minimum absolute atomic E-state index is 0.0437. The number of carboxylic acids is 1. The summed E-state index contributed by atoms with van der Waals surface area (Å²) in [5, 5.41) is 16.9. The molecule has 1 aromatic carbocycles. The monoisotopic (exact) mass is 626 g/mol. The Kier molecular flexibility index (Phi) is 10.8. The third kappa shape index (κ3) is 8.55. The van der Waals surface area contributed by atoms with Crippen molar-refractivity contribution in [3.05, 3.63) is 30.5 Å². The van der Waals surface area contributed by atoms with Crippen molar-refractivity contribution in [2.45, 2.75) is 102 Å². The van der Waals surface area contributed by atoms with E-state index in [1.165, 1.54) is 4.90 Å².